The molecule has 0 saturated carbocycles. The Morgan fingerprint density at radius 1 is 1.38 bits per heavy atom. The Kier molecular flexibility index (Phi) is 3.57. The van der Waals surface area contributed by atoms with Crippen molar-refractivity contribution in [1.82, 2.24) is 0 Å². The van der Waals surface area contributed by atoms with E-state index in [0.29, 0.717) is 12.1 Å². The molecule has 16 heavy (non-hydrogen) atoms. The van der Waals surface area contributed by atoms with Crippen LogP contribution in [0, 0.1) is 5.82 Å². The molecule has 7 heteroatoms. The van der Waals surface area contributed by atoms with Gasteiger partial charge in [-0.3, -0.25) is 4.79 Å². The summed E-state index contributed by atoms with van der Waals surface area (Å²) in [5, 5.41) is 8.45. The van der Waals surface area contributed by atoms with Crippen molar-refractivity contribution in [1.29, 1.82) is 0 Å². The lowest BCUT2D eigenvalue weighted by Gasteiger charge is -2.10. The van der Waals surface area contributed by atoms with E-state index in [0.717, 1.165) is 0 Å². The lowest BCUT2D eigenvalue weighted by Crippen LogP contribution is -2.09. The van der Waals surface area contributed by atoms with Crippen molar-refractivity contribution in [3.63, 3.8) is 0 Å². The van der Waals surface area contributed by atoms with Gasteiger partial charge in [-0.2, -0.15) is 13.2 Å². The molecule has 0 spiro atoms. The Morgan fingerprint density at radius 3 is 2.38 bits per heavy atom. The van der Waals surface area contributed by atoms with Gasteiger partial charge in [0.15, 0.2) is 0 Å². The second kappa shape index (κ2) is 4.40. The van der Waals surface area contributed by atoms with E-state index in [1.54, 1.807) is 0 Å². The molecule has 0 radical (unpaired) electrons. The van der Waals surface area contributed by atoms with Crippen molar-refractivity contribution >= 4 is 21.9 Å². The molecule has 0 heterocycles. The molecular formula is C9H5BrF4O2. The van der Waals surface area contributed by atoms with Crippen LogP contribution in [-0.4, -0.2) is 11.1 Å². The third-order valence-electron chi connectivity index (χ3n) is 1.77. The summed E-state index contributed by atoms with van der Waals surface area (Å²) >= 11 is 2.70. The van der Waals surface area contributed by atoms with Crippen molar-refractivity contribution in [2.45, 2.75) is 12.6 Å². The predicted octanol–water partition coefficient (Wildman–Crippen LogP) is 3.23. The lowest BCUT2D eigenvalue weighted by molar-refractivity contribution is -0.139. The van der Waals surface area contributed by atoms with Gasteiger partial charge in [0.05, 0.1) is 16.5 Å². The summed E-state index contributed by atoms with van der Waals surface area (Å²) in [5.74, 6) is -2.47. The van der Waals surface area contributed by atoms with Crippen LogP contribution < -0.4 is 0 Å². The number of carboxylic acid groups (broad SMARTS) is 1. The summed E-state index contributed by atoms with van der Waals surface area (Å²) in [6, 6.07) is 0.927. The van der Waals surface area contributed by atoms with Gasteiger partial charge in [-0.15, -0.1) is 0 Å². The standard InChI is InChI=1S/C9H5BrF4O2/c10-8-4(2-7(15)16)1-5(3-6(8)11)9(12,13)14/h1,3H,2H2,(H,15,16). The quantitative estimate of drug-likeness (QED) is 0.852. The van der Waals surface area contributed by atoms with Gasteiger partial charge in [0, 0.05) is 0 Å². The highest BCUT2D eigenvalue weighted by Crippen LogP contribution is 2.33. The largest absolute Gasteiger partial charge is 0.481 e. The third kappa shape index (κ3) is 2.94. The molecule has 0 aliphatic carbocycles. The highest BCUT2D eigenvalue weighted by Gasteiger charge is 2.32. The van der Waals surface area contributed by atoms with Gasteiger partial charge >= 0.3 is 12.1 Å². The highest BCUT2D eigenvalue weighted by atomic mass is 79.9. The fourth-order valence-corrected chi connectivity index (χ4v) is 1.47. The molecule has 1 N–H and O–H groups in total. The first-order chi connectivity index (χ1) is 7.21. The molecule has 1 aromatic carbocycles. The minimum atomic E-state index is -4.70. The lowest BCUT2D eigenvalue weighted by atomic mass is 10.1. The Morgan fingerprint density at radius 2 is 1.94 bits per heavy atom. The van der Waals surface area contributed by atoms with Gasteiger partial charge in [0.2, 0.25) is 0 Å². The minimum Gasteiger partial charge on any atom is -0.481 e. The molecule has 88 valence electrons. The molecule has 0 aliphatic heterocycles. The highest BCUT2D eigenvalue weighted by molar-refractivity contribution is 9.10. The summed E-state index contributed by atoms with van der Waals surface area (Å²) in [6.45, 7) is 0. The number of hydrogen-bond donors (Lipinski definition) is 1. The third-order valence-corrected chi connectivity index (χ3v) is 2.66. The van der Waals surface area contributed by atoms with Crippen molar-refractivity contribution in [3.05, 3.63) is 33.5 Å². The molecule has 1 rings (SSSR count). The number of hydrogen-bond acceptors (Lipinski definition) is 1. The molecule has 0 saturated heterocycles. The number of alkyl halides is 3. The number of carbonyl (C=O) groups is 1. The second-order valence-electron chi connectivity index (χ2n) is 3.00. The fourth-order valence-electron chi connectivity index (χ4n) is 1.10. The van der Waals surface area contributed by atoms with E-state index >= 15 is 0 Å². The molecule has 0 aromatic heterocycles. The van der Waals surface area contributed by atoms with Crippen LogP contribution in [0.15, 0.2) is 16.6 Å². The Hall–Kier alpha value is -1.11. The number of rotatable bonds is 2. The summed E-state index contributed by atoms with van der Waals surface area (Å²) in [5.41, 5.74) is -1.45. The van der Waals surface area contributed by atoms with Crippen LogP contribution in [0.4, 0.5) is 17.6 Å². The predicted molar refractivity (Wildman–Crippen MR) is 50.4 cm³/mol. The van der Waals surface area contributed by atoms with Gasteiger partial charge in [0.1, 0.15) is 5.82 Å². The first-order valence-corrected chi connectivity index (χ1v) is 4.78. The van der Waals surface area contributed by atoms with Crippen molar-refractivity contribution in [2.75, 3.05) is 0 Å². The molecule has 1 aromatic rings. The molecule has 0 unspecified atom stereocenters. The van der Waals surface area contributed by atoms with E-state index < -0.39 is 29.9 Å². The van der Waals surface area contributed by atoms with E-state index in [1.807, 2.05) is 0 Å². The topological polar surface area (TPSA) is 37.3 Å². The van der Waals surface area contributed by atoms with Gasteiger partial charge in [-0.1, -0.05) is 0 Å². The Balaban J connectivity index is 3.27. The van der Waals surface area contributed by atoms with E-state index in [4.69, 9.17) is 5.11 Å². The minimum absolute atomic E-state index is 0.250. The fraction of sp³-hybridized carbons (Fsp3) is 0.222. The summed E-state index contributed by atoms with van der Waals surface area (Å²) in [6.07, 6.45) is -5.38. The monoisotopic (exact) mass is 300 g/mol. The SMILES string of the molecule is O=C(O)Cc1cc(C(F)(F)F)cc(F)c1Br. The van der Waals surface area contributed by atoms with Gasteiger partial charge < -0.3 is 5.11 Å². The van der Waals surface area contributed by atoms with Crippen LogP contribution in [0.5, 0.6) is 0 Å². The van der Waals surface area contributed by atoms with Gasteiger partial charge in [-0.25, -0.2) is 4.39 Å². The van der Waals surface area contributed by atoms with Crippen molar-refractivity contribution in [2.24, 2.45) is 0 Å². The molecule has 0 bridgehead atoms. The van der Waals surface area contributed by atoms with Crippen LogP contribution in [0.25, 0.3) is 0 Å². The molecule has 0 fully saturated rings. The average molecular weight is 301 g/mol. The zero-order valence-electron chi connectivity index (χ0n) is 7.61. The first-order valence-electron chi connectivity index (χ1n) is 3.98. The Bertz CT molecular complexity index is 428. The smallest absolute Gasteiger partial charge is 0.416 e. The van der Waals surface area contributed by atoms with E-state index in [9.17, 15) is 22.4 Å². The van der Waals surface area contributed by atoms with Crippen molar-refractivity contribution in [3.8, 4) is 0 Å². The number of halogens is 5. The number of carboxylic acids is 1. The molecular weight excluding hydrogens is 296 g/mol. The van der Waals surface area contributed by atoms with E-state index in [-0.39, 0.29) is 10.0 Å². The summed E-state index contributed by atoms with van der Waals surface area (Å²) in [7, 11) is 0. The van der Waals surface area contributed by atoms with E-state index in [2.05, 4.69) is 15.9 Å². The maximum atomic E-state index is 13.1. The summed E-state index contributed by atoms with van der Waals surface area (Å²) < 4.78 is 49.7. The zero-order chi connectivity index (χ0) is 12.5. The molecule has 0 amide bonds. The maximum Gasteiger partial charge on any atom is 0.416 e. The van der Waals surface area contributed by atoms with E-state index in [1.165, 1.54) is 0 Å². The Labute approximate surface area is 96.0 Å². The number of benzene rings is 1. The van der Waals surface area contributed by atoms with Crippen LogP contribution in [-0.2, 0) is 17.4 Å². The van der Waals surface area contributed by atoms with Crippen LogP contribution in [0.3, 0.4) is 0 Å². The first kappa shape index (κ1) is 13.0. The molecule has 2 nitrogen and oxygen atoms in total. The van der Waals surface area contributed by atoms with Crippen LogP contribution in [0.1, 0.15) is 11.1 Å². The zero-order valence-corrected chi connectivity index (χ0v) is 9.19. The second-order valence-corrected chi connectivity index (χ2v) is 3.79. The van der Waals surface area contributed by atoms with Gasteiger partial charge in [-0.05, 0) is 33.6 Å². The van der Waals surface area contributed by atoms with Gasteiger partial charge in [0.25, 0.3) is 0 Å². The van der Waals surface area contributed by atoms with Crippen LogP contribution in [0.2, 0.25) is 0 Å². The molecule has 0 aliphatic rings. The molecule has 0 atom stereocenters. The average Bonchev–Trinajstić information content (AvgIpc) is 2.10. The van der Waals surface area contributed by atoms with Crippen molar-refractivity contribution < 1.29 is 27.5 Å². The maximum absolute atomic E-state index is 13.1. The summed E-state index contributed by atoms with van der Waals surface area (Å²) in [4.78, 5) is 10.4. The normalized spacial score (nSPS) is 11.6. The van der Waals surface area contributed by atoms with Crippen LogP contribution >= 0.6 is 15.9 Å². The number of aliphatic carboxylic acids is 1.